The standard InChI is InChI=1S/C16H16N2O4/c1-10-7-12(19)8-14(20)13(10)9-17-18-16(22)15(21)11-5-3-2-4-6-11/h2-9,15,19-21H,1H3,(H,18,22)/b17-9+/t15-/m1/s1. The second kappa shape index (κ2) is 6.73. The van der Waals surface area contributed by atoms with Crippen LogP contribution in [0.2, 0.25) is 0 Å². The van der Waals surface area contributed by atoms with E-state index in [1.165, 1.54) is 18.3 Å². The number of aromatic hydroxyl groups is 2. The molecule has 2 aromatic carbocycles. The number of amides is 1. The van der Waals surface area contributed by atoms with Gasteiger partial charge in [0.25, 0.3) is 5.91 Å². The van der Waals surface area contributed by atoms with Crippen molar-refractivity contribution in [2.45, 2.75) is 13.0 Å². The molecule has 2 rings (SSSR count). The highest BCUT2D eigenvalue weighted by molar-refractivity contribution is 5.88. The van der Waals surface area contributed by atoms with Gasteiger partial charge in [0.2, 0.25) is 0 Å². The van der Waals surface area contributed by atoms with E-state index in [1.54, 1.807) is 37.3 Å². The summed E-state index contributed by atoms with van der Waals surface area (Å²) in [6, 6.07) is 11.1. The molecule has 2 aromatic rings. The molecule has 6 nitrogen and oxygen atoms in total. The van der Waals surface area contributed by atoms with Crippen molar-refractivity contribution in [1.82, 2.24) is 5.43 Å². The van der Waals surface area contributed by atoms with Crippen LogP contribution in [0, 0.1) is 6.92 Å². The van der Waals surface area contributed by atoms with Crippen molar-refractivity contribution >= 4 is 12.1 Å². The third kappa shape index (κ3) is 3.62. The lowest BCUT2D eigenvalue weighted by molar-refractivity contribution is -0.129. The third-order valence-corrected chi connectivity index (χ3v) is 3.08. The van der Waals surface area contributed by atoms with E-state index in [2.05, 4.69) is 10.5 Å². The molecule has 1 atom stereocenters. The first-order valence-corrected chi connectivity index (χ1v) is 6.57. The van der Waals surface area contributed by atoms with Crippen LogP contribution in [-0.4, -0.2) is 27.4 Å². The summed E-state index contributed by atoms with van der Waals surface area (Å²) in [6.07, 6.45) is -0.0763. The van der Waals surface area contributed by atoms with Gasteiger partial charge in [0, 0.05) is 11.6 Å². The molecule has 0 saturated carbocycles. The van der Waals surface area contributed by atoms with E-state index in [9.17, 15) is 20.1 Å². The van der Waals surface area contributed by atoms with Gasteiger partial charge in [-0.05, 0) is 24.1 Å². The number of hydrogen-bond donors (Lipinski definition) is 4. The van der Waals surface area contributed by atoms with Gasteiger partial charge in [0.05, 0.1) is 6.21 Å². The molecule has 114 valence electrons. The number of rotatable bonds is 4. The van der Waals surface area contributed by atoms with Gasteiger partial charge in [-0.15, -0.1) is 0 Å². The van der Waals surface area contributed by atoms with Gasteiger partial charge < -0.3 is 15.3 Å². The summed E-state index contributed by atoms with van der Waals surface area (Å²) in [5, 5.41) is 32.6. The van der Waals surface area contributed by atoms with Crippen LogP contribution < -0.4 is 5.43 Å². The molecule has 1 amide bonds. The van der Waals surface area contributed by atoms with E-state index >= 15 is 0 Å². The monoisotopic (exact) mass is 300 g/mol. The molecule has 0 aliphatic heterocycles. The molecule has 0 aromatic heterocycles. The van der Waals surface area contributed by atoms with Gasteiger partial charge in [-0.25, -0.2) is 5.43 Å². The summed E-state index contributed by atoms with van der Waals surface area (Å²) in [5.74, 6) is -0.895. The Morgan fingerprint density at radius 3 is 2.55 bits per heavy atom. The molecule has 0 aliphatic rings. The average Bonchev–Trinajstić information content (AvgIpc) is 2.49. The van der Waals surface area contributed by atoms with E-state index < -0.39 is 12.0 Å². The normalized spacial score (nSPS) is 12.3. The number of aryl methyl sites for hydroxylation is 1. The number of aliphatic hydroxyl groups is 1. The average molecular weight is 300 g/mol. The molecule has 4 N–H and O–H groups in total. The van der Waals surface area contributed by atoms with Gasteiger partial charge in [-0.3, -0.25) is 4.79 Å². The molecule has 0 spiro atoms. The van der Waals surface area contributed by atoms with Gasteiger partial charge in [0.15, 0.2) is 6.10 Å². The maximum absolute atomic E-state index is 11.8. The van der Waals surface area contributed by atoms with Crippen molar-refractivity contribution in [2.75, 3.05) is 0 Å². The molecule has 0 saturated heterocycles. The minimum Gasteiger partial charge on any atom is -0.508 e. The van der Waals surface area contributed by atoms with Crippen LogP contribution in [0.15, 0.2) is 47.6 Å². The Kier molecular flexibility index (Phi) is 4.75. The third-order valence-electron chi connectivity index (χ3n) is 3.08. The fourth-order valence-electron chi connectivity index (χ4n) is 1.94. The number of hydrazone groups is 1. The smallest absolute Gasteiger partial charge is 0.273 e. The summed E-state index contributed by atoms with van der Waals surface area (Å²) in [4.78, 5) is 11.8. The topological polar surface area (TPSA) is 102 Å². The maximum atomic E-state index is 11.8. The molecule has 0 unspecified atom stereocenters. The van der Waals surface area contributed by atoms with Crippen molar-refractivity contribution < 1.29 is 20.1 Å². The van der Waals surface area contributed by atoms with Gasteiger partial charge >= 0.3 is 0 Å². The number of hydrogen-bond acceptors (Lipinski definition) is 5. The van der Waals surface area contributed by atoms with Crippen molar-refractivity contribution in [2.24, 2.45) is 5.10 Å². The summed E-state index contributed by atoms with van der Waals surface area (Å²) in [6.45, 7) is 1.68. The van der Waals surface area contributed by atoms with Crippen LogP contribution in [-0.2, 0) is 4.79 Å². The highest BCUT2D eigenvalue weighted by Gasteiger charge is 2.16. The number of aliphatic hydroxyl groups excluding tert-OH is 1. The first kappa shape index (κ1) is 15.5. The number of benzene rings is 2. The fraction of sp³-hybridized carbons (Fsp3) is 0.125. The molecule has 6 heteroatoms. The Labute approximate surface area is 127 Å². The molecule has 0 heterocycles. The number of phenolic OH excluding ortho intramolecular Hbond substituents is 2. The van der Waals surface area contributed by atoms with Crippen molar-refractivity contribution in [3.63, 3.8) is 0 Å². The van der Waals surface area contributed by atoms with Crippen LogP contribution in [0.4, 0.5) is 0 Å². The molecular weight excluding hydrogens is 284 g/mol. The first-order chi connectivity index (χ1) is 10.5. The summed E-state index contributed by atoms with van der Waals surface area (Å²) in [7, 11) is 0. The molecular formula is C16H16N2O4. The van der Waals surface area contributed by atoms with Crippen LogP contribution in [0.25, 0.3) is 0 Å². The fourth-order valence-corrected chi connectivity index (χ4v) is 1.94. The van der Waals surface area contributed by atoms with E-state index in [4.69, 9.17) is 0 Å². The van der Waals surface area contributed by atoms with E-state index in [0.29, 0.717) is 16.7 Å². The summed E-state index contributed by atoms with van der Waals surface area (Å²) >= 11 is 0. The quantitative estimate of drug-likeness (QED) is 0.508. The van der Waals surface area contributed by atoms with Gasteiger partial charge in [-0.2, -0.15) is 5.10 Å². The van der Waals surface area contributed by atoms with Crippen molar-refractivity contribution in [1.29, 1.82) is 0 Å². The van der Waals surface area contributed by atoms with Crippen LogP contribution in [0.3, 0.4) is 0 Å². The van der Waals surface area contributed by atoms with Crippen molar-refractivity contribution in [3.8, 4) is 11.5 Å². The SMILES string of the molecule is Cc1cc(O)cc(O)c1/C=N/NC(=O)[C@H](O)c1ccccc1. The van der Waals surface area contributed by atoms with Gasteiger partial charge in [-0.1, -0.05) is 30.3 Å². The zero-order chi connectivity index (χ0) is 16.1. The lowest BCUT2D eigenvalue weighted by Gasteiger charge is -2.09. The number of carbonyl (C=O) groups excluding carboxylic acids is 1. The Balaban J connectivity index is 2.05. The zero-order valence-electron chi connectivity index (χ0n) is 11.9. The largest absolute Gasteiger partial charge is 0.508 e. The second-order valence-electron chi connectivity index (χ2n) is 4.74. The first-order valence-electron chi connectivity index (χ1n) is 6.57. The van der Waals surface area contributed by atoms with E-state index in [-0.39, 0.29) is 11.5 Å². The van der Waals surface area contributed by atoms with Crippen LogP contribution in [0.5, 0.6) is 11.5 Å². The highest BCUT2D eigenvalue weighted by Crippen LogP contribution is 2.25. The second-order valence-corrected chi connectivity index (χ2v) is 4.74. The molecule has 0 bridgehead atoms. The molecule has 0 radical (unpaired) electrons. The lowest BCUT2D eigenvalue weighted by Crippen LogP contribution is -2.25. The Morgan fingerprint density at radius 1 is 1.23 bits per heavy atom. The Bertz CT molecular complexity index is 676. The maximum Gasteiger partial charge on any atom is 0.273 e. The highest BCUT2D eigenvalue weighted by atomic mass is 16.3. The number of carbonyl (C=O) groups is 1. The van der Waals surface area contributed by atoms with Crippen LogP contribution >= 0.6 is 0 Å². The lowest BCUT2D eigenvalue weighted by atomic mass is 10.1. The Morgan fingerprint density at radius 2 is 1.91 bits per heavy atom. The van der Waals surface area contributed by atoms with Gasteiger partial charge in [0.1, 0.15) is 11.5 Å². The van der Waals surface area contributed by atoms with E-state index in [1.807, 2.05) is 0 Å². The summed E-state index contributed by atoms with van der Waals surface area (Å²) < 4.78 is 0. The minimum atomic E-state index is -1.33. The predicted molar refractivity (Wildman–Crippen MR) is 81.6 cm³/mol. The van der Waals surface area contributed by atoms with Crippen LogP contribution in [0.1, 0.15) is 22.8 Å². The van der Waals surface area contributed by atoms with E-state index in [0.717, 1.165) is 0 Å². The molecule has 22 heavy (non-hydrogen) atoms. The predicted octanol–water partition coefficient (Wildman–Crippen LogP) is 1.59. The summed E-state index contributed by atoms with van der Waals surface area (Å²) in [5.41, 5.74) is 3.63. The Hall–Kier alpha value is -2.86. The minimum absolute atomic E-state index is 0.0596. The number of nitrogens with zero attached hydrogens (tertiary/aromatic N) is 1. The zero-order valence-corrected chi connectivity index (χ0v) is 11.9. The number of phenols is 2. The number of nitrogens with one attached hydrogen (secondary N) is 1. The van der Waals surface area contributed by atoms with Crippen molar-refractivity contribution in [3.05, 3.63) is 59.2 Å². The molecule has 0 aliphatic carbocycles. The molecule has 0 fully saturated rings.